The number of phenols is 1. The average molecular weight is 467 g/mol. The van der Waals surface area contributed by atoms with Crippen molar-refractivity contribution in [2.75, 3.05) is 6.54 Å². The van der Waals surface area contributed by atoms with E-state index in [1.165, 1.54) is 4.90 Å². The van der Waals surface area contributed by atoms with Gasteiger partial charge in [-0.2, -0.15) is 0 Å². The van der Waals surface area contributed by atoms with Gasteiger partial charge in [-0.3, -0.25) is 4.79 Å². The van der Waals surface area contributed by atoms with Gasteiger partial charge in [0, 0.05) is 39.3 Å². The van der Waals surface area contributed by atoms with Gasteiger partial charge in [-0.1, -0.05) is 34.6 Å². The van der Waals surface area contributed by atoms with Gasteiger partial charge in [0.1, 0.15) is 5.75 Å². The second-order valence-electron chi connectivity index (χ2n) is 4.06. The Kier molecular flexibility index (Phi) is 6.53. The van der Waals surface area contributed by atoms with Gasteiger partial charge in [0.2, 0.25) is 5.91 Å². The summed E-state index contributed by atoms with van der Waals surface area (Å²) >= 11 is 1.98. The molecule has 0 saturated heterocycles. The molecule has 1 N–H and O–H groups in total. The molecule has 1 aromatic rings. The maximum Gasteiger partial charge on any atom is 0.235 e. The summed E-state index contributed by atoms with van der Waals surface area (Å²) in [4.78, 5) is 13.3. The van der Waals surface area contributed by atoms with E-state index < -0.39 is 17.4 Å². The number of amides is 1. The van der Waals surface area contributed by atoms with E-state index in [1.54, 1.807) is 6.92 Å². The minimum Gasteiger partial charge on any atom is -0.508 e. The van der Waals surface area contributed by atoms with E-state index in [-0.39, 0.29) is 53.8 Å². The molecule has 1 aromatic carbocycles. The van der Waals surface area contributed by atoms with Crippen molar-refractivity contribution in [3.05, 3.63) is 35.4 Å². The Labute approximate surface area is 154 Å². The zero-order valence-corrected chi connectivity index (χ0v) is 15.7. The van der Waals surface area contributed by atoms with Crippen LogP contribution in [0.15, 0.2) is 12.1 Å². The van der Waals surface area contributed by atoms with Gasteiger partial charge in [0.25, 0.3) is 0 Å². The molecule has 0 fully saturated rings. The molecule has 105 valence electrons. The van der Waals surface area contributed by atoms with Crippen LogP contribution >= 0.6 is 22.6 Å². The Bertz CT molecular complexity index is 542. The predicted octanol–water partition coefficient (Wildman–Crippen LogP) is 2.87. The molecule has 0 spiro atoms. The molecule has 3 nitrogen and oxygen atoms in total. The summed E-state index contributed by atoms with van der Waals surface area (Å²) in [5, 5.41) is 9.14. The molecule has 0 aliphatic carbocycles. The number of hydrogen-bond acceptors (Lipinski definition) is 2. The molecule has 1 aliphatic heterocycles. The molecular weight excluding hydrogens is 456 g/mol. The molecule has 0 saturated carbocycles. The SMILES string of the molecule is CCN1C(=O)C(I)C[C-]=C1c1c(F)cc(O)cc1F.[Y]. The van der Waals surface area contributed by atoms with Crippen LogP contribution in [0.1, 0.15) is 18.9 Å². The van der Waals surface area contributed by atoms with Crippen molar-refractivity contribution in [2.45, 2.75) is 17.3 Å². The fraction of sp³-hybridized carbons (Fsp3) is 0.308. The van der Waals surface area contributed by atoms with Crippen LogP contribution in [0.5, 0.6) is 5.75 Å². The molecular formula is C13H11F2INO2Y-. The molecule has 0 aromatic heterocycles. The van der Waals surface area contributed by atoms with Crippen molar-refractivity contribution in [1.29, 1.82) is 0 Å². The number of hydrogen-bond donors (Lipinski definition) is 1. The maximum atomic E-state index is 13.8. The first-order chi connectivity index (χ1) is 8.95. The number of nitrogens with zero attached hydrogens (tertiary/aromatic N) is 1. The van der Waals surface area contributed by atoms with Crippen molar-refractivity contribution in [2.24, 2.45) is 0 Å². The summed E-state index contributed by atoms with van der Waals surface area (Å²) in [6.45, 7) is 2.03. The van der Waals surface area contributed by atoms with Gasteiger partial charge in [-0.15, -0.1) is 5.70 Å². The van der Waals surface area contributed by atoms with E-state index in [9.17, 15) is 13.6 Å². The Hall–Kier alpha value is -0.0761. The molecule has 1 radical (unpaired) electrons. The van der Waals surface area contributed by atoms with Gasteiger partial charge in [-0.25, -0.2) is 14.9 Å². The molecule has 2 rings (SSSR count). The van der Waals surface area contributed by atoms with Crippen molar-refractivity contribution in [3.8, 4) is 5.75 Å². The van der Waals surface area contributed by atoms with Crippen LogP contribution < -0.4 is 0 Å². The van der Waals surface area contributed by atoms with Gasteiger partial charge in [0.15, 0.2) is 0 Å². The third kappa shape index (κ3) is 3.39. The minimum atomic E-state index is -0.904. The standard InChI is InChI=1S/C13H11F2INO2.Y/c1-2-17-11(4-3-10(16)13(17)19)12-8(14)5-7(18)6-9(12)15;/h5-6,10,18H,2-3H2,1H3;/q-1;. The Balaban J connectivity index is 0.00000200. The number of carbonyl (C=O) groups is 1. The van der Waals surface area contributed by atoms with E-state index >= 15 is 0 Å². The van der Waals surface area contributed by atoms with Crippen LogP contribution in [0.4, 0.5) is 8.78 Å². The van der Waals surface area contributed by atoms with Crippen LogP contribution in [0.2, 0.25) is 0 Å². The van der Waals surface area contributed by atoms with Gasteiger partial charge in [0.05, 0.1) is 15.6 Å². The molecule has 1 atom stereocenters. The van der Waals surface area contributed by atoms with Crippen LogP contribution in [0, 0.1) is 17.7 Å². The van der Waals surface area contributed by atoms with Crippen LogP contribution in [-0.2, 0) is 37.5 Å². The first-order valence-corrected chi connectivity index (χ1v) is 6.95. The molecule has 0 bridgehead atoms. The molecule has 20 heavy (non-hydrogen) atoms. The summed E-state index contributed by atoms with van der Waals surface area (Å²) in [6, 6.07) is 1.64. The zero-order chi connectivity index (χ0) is 14.2. The van der Waals surface area contributed by atoms with E-state index in [2.05, 4.69) is 6.08 Å². The van der Waals surface area contributed by atoms with Crippen LogP contribution in [0.3, 0.4) is 0 Å². The normalized spacial score (nSPS) is 18.6. The van der Waals surface area contributed by atoms with E-state index in [1.807, 2.05) is 22.6 Å². The summed E-state index contributed by atoms with van der Waals surface area (Å²) in [5.74, 6) is -2.49. The topological polar surface area (TPSA) is 40.5 Å². The number of phenolic OH excluding ortho intramolecular Hbond substituents is 1. The number of benzene rings is 1. The second-order valence-corrected chi connectivity index (χ2v) is 5.57. The molecule has 7 heteroatoms. The zero-order valence-electron chi connectivity index (χ0n) is 10.7. The van der Waals surface area contributed by atoms with Crippen LogP contribution in [0.25, 0.3) is 5.70 Å². The second kappa shape index (κ2) is 7.27. The molecule has 1 amide bonds. The number of alkyl halides is 1. The Morgan fingerprint density at radius 1 is 1.45 bits per heavy atom. The van der Waals surface area contributed by atoms with E-state index in [0.717, 1.165) is 12.1 Å². The number of halogens is 3. The third-order valence-corrected chi connectivity index (χ3v) is 3.81. The van der Waals surface area contributed by atoms with Gasteiger partial charge < -0.3 is 10.0 Å². The largest absolute Gasteiger partial charge is 0.508 e. The quantitative estimate of drug-likeness (QED) is 0.413. The minimum absolute atomic E-state index is 0. The first-order valence-electron chi connectivity index (χ1n) is 5.70. The third-order valence-electron chi connectivity index (χ3n) is 2.83. The van der Waals surface area contributed by atoms with Gasteiger partial charge >= 0.3 is 0 Å². The van der Waals surface area contributed by atoms with Crippen molar-refractivity contribution in [1.82, 2.24) is 4.90 Å². The molecule has 1 heterocycles. The number of aromatic hydroxyl groups is 1. The fourth-order valence-electron chi connectivity index (χ4n) is 1.97. The molecule has 1 unspecified atom stereocenters. The first kappa shape index (κ1) is 18.0. The summed E-state index contributed by atoms with van der Waals surface area (Å²) < 4.78 is 27.4. The monoisotopic (exact) mass is 467 g/mol. The Morgan fingerprint density at radius 3 is 2.50 bits per heavy atom. The van der Waals surface area contributed by atoms with E-state index in [0.29, 0.717) is 13.0 Å². The summed E-state index contributed by atoms with van der Waals surface area (Å²) in [7, 11) is 0. The van der Waals surface area contributed by atoms with Gasteiger partial charge in [-0.05, 0) is 19.1 Å². The van der Waals surface area contributed by atoms with Crippen molar-refractivity contribution >= 4 is 34.2 Å². The van der Waals surface area contributed by atoms with E-state index in [4.69, 9.17) is 5.11 Å². The van der Waals surface area contributed by atoms with Crippen LogP contribution in [-0.4, -0.2) is 26.4 Å². The average Bonchev–Trinajstić information content (AvgIpc) is 2.32. The maximum absolute atomic E-state index is 13.8. The molecule has 1 aliphatic rings. The van der Waals surface area contributed by atoms with Crippen molar-refractivity contribution in [3.63, 3.8) is 0 Å². The number of rotatable bonds is 2. The van der Waals surface area contributed by atoms with Crippen molar-refractivity contribution < 1.29 is 51.4 Å². The number of carbonyl (C=O) groups excluding carboxylic acids is 1. The smallest absolute Gasteiger partial charge is 0.235 e. The fourth-order valence-corrected chi connectivity index (χ4v) is 2.53. The predicted molar refractivity (Wildman–Crippen MR) is 74.5 cm³/mol. The summed E-state index contributed by atoms with van der Waals surface area (Å²) in [5.41, 5.74) is -0.216. The summed E-state index contributed by atoms with van der Waals surface area (Å²) in [6.07, 6.45) is 3.18. The number of allylic oxidation sites excluding steroid dienone is 1. The Morgan fingerprint density at radius 2 is 2.00 bits per heavy atom.